The molecule has 0 aromatic heterocycles. The molecule has 0 amide bonds. The summed E-state index contributed by atoms with van der Waals surface area (Å²) >= 11 is 0. The van der Waals surface area contributed by atoms with Gasteiger partial charge in [-0.1, -0.05) is 13.3 Å². The van der Waals surface area contributed by atoms with Crippen molar-refractivity contribution in [2.75, 3.05) is 0 Å². The molecule has 5 nitrogen and oxygen atoms in total. The van der Waals surface area contributed by atoms with Crippen LogP contribution in [-0.4, -0.2) is 16.7 Å². The van der Waals surface area contributed by atoms with Crippen molar-refractivity contribution in [2.45, 2.75) is 57.7 Å². The Bertz CT molecular complexity index is 649. The molecular formula is C17H20F3NO4. The highest BCUT2D eigenvalue weighted by Gasteiger charge is 2.53. The smallest absolute Gasteiger partial charge is 0.428 e. The Morgan fingerprint density at radius 2 is 1.84 bits per heavy atom. The van der Waals surface area contributed by atoms with Crippen LogP contribution in [0.5, 0.6) is 5.75 Å². The third kappa shape index (κ3) is 4.43. The van der Waals surface area contributed by atoms with Crippen LogP contribution >= 0.6 is 0 Å². The molecule has 0 N–H and O–H groups in total. The normalized spacial score (nSPS) is 16.6. The lowest BCUT2D eigenvalue weighted by molar-refractivity contribution is -0.384. The molecule has 0 heterocycles. The van der Waals surface area contributed by atoms with Crippen molar-refractivity contribution < 1.29 is 27.6 Å². The highest BCUT2D eigenvalue weighted by Crippen LogP contribution is 2.41. The number of nitrogens with zero attached hydrogens (tertiary/aromatic N) is 1. The summed E-state index contributed by atoms with van der Waals surface area (Å²) in [6.07, 6.45) is -2.35. The van der Waals surface area contributed by atoms with Gasteiger partial charge in [0.2, 0.25) is 5.60 Å². The molecular weight excluding hydrogens is 339 g/mol. The van der Waals surface area contributed by atoms with Crippen molar-refractivity contribution in [3.8, 4) is 5.75 Å². The van der Waals surface area contributed by atoms with Crippen LogP contribution in [0.2, 0.25) is 0 Å². The van der Waals surface area contributed by atoms with Gasteiger partial charge in [0.05, 0.1) is 4.92 Å². The van der Waals surface area contributed by atoms with Gasteiger partial charge in [-0.2, -0.15) is 13.2 Å². The average molecular weight is 359 g/mol. The van der Waals surface area contributed by atoms with Crippen LogP contribution in [0.4, 0.5) is 18.9 Å². The summed E-state index contributed by atoms with van der Waals surface area (Å²) in [6.45, 7) is 2.66. The van der Waals surface area contributed by atoms with E-state index in [1.165, 1.54) is 24.3 Å². The number of halogens is 3. The monoisotopic (exact) mass is 359 g/mol. The van der Waals surface area contributed by atoms with Gasteiger partial charge in [-0.15, -0.1) is 0 Å². The standard InChI is InChI=1S/C17H20F3NO4/c1-3-11-16(2,17(18,19)20)25-15(12-5-4-6-12)24-14-9-7-13(8-10-14)21(22)23/h7-10H,3-6,11H2,1-2H3. The second kappa shape index (κ2) is 7.33. The molecule has 1 saturated carbocycles. The molecule has 1 aromatic carbocycles. The number of rotatable bonds is 7. The van der Waals surface area contributed by atoms with Crippen molar-refractivity contribution in [3.63, 3.8) is 0 Å². The Labute approximate surface area is 143 Å². The molecule has 138 valence electrons. The van der Waals surface area contributed by atoms with Gasteiger partial charge < -0.3 is 9.47 Å². The number of hydrogen-bond donors (Lipinski definition) is 0. The summed E-state index contributed by atoms with van der Waals surface area (Å²) in [4.78, 5) is 10.1. The third-order valence-electron chi connectivity index (χ3n) is 4.15. The van der Waals surface area contributed by atoms with E-state index < -0.39 is 16.7 Å². The van der Waals surface area contributed by atoms with Crippen molar-refractivity contribution in [2.24, 2.45) is 0 Å². The molecule has 0 bridgehead atoms. The van der Waals surface area contributed by atoms with E-state index >= 15 is 0 Å². The average Bonchev–Trinajstić information content (AvgIpc) is 2.45. The van der Waals surface area contributed by atoms with Crippen LogP contribution in [0.1, 0.15) is 46.0 Å². The van der Waals surface area contributed by atoms with Crippen molar-refractivity contribution >= 4 is 5.69 Å². The quantitative estimate of drug-likeness (QED) is 0.366. The molecule has 0 saturated heterocycles. The predicted molar refractivity (Wildman–Crippen MR) is 85.1 cm³/mol. The molecule has 1 atom stereocenters. The number of non-ortho nitro benzene ring substituents is 1. The zero-order valence-electron chi connectivity index (χ0n) is 14.1. The number of nitro groups is 1. The molecule has 1 aliphatic rings. The van der Waals surface area contributed by atoms with Crippen molar-refractivity contribution in [1.29, 1.82) is 0 Å². The summed E-state index contributed by atoms with van der Waals surface area (Å²) in [6, 6.07) is 5.14. The number of allylic oxidation sites excluding steroid dienone is 1. The first kappa shape index (κ1) is 19.1. The SMILES string of the molecule is CCCC(C)(OC(Oc1ccc([N+](=O)[O-])cc1)=C1CCC1)C(F)(F)F. The van der Waals surface area contributed by atoms with Crippen LogP contribution in [0.15, 0.2) is 35.8 Å². The summed E-state index contributed by atoms with van der Waals surface area (Å²) < 4.78 is 51.2. The number of alkyl halides is 3. The summed E-state index contributed by atoms with van der Waals surface area (Å²) in [5.41, 5.74) is -1.79. The molecule has 1 unspecified atom stereocenters. The molecule has 8 heteroatoms. The van der Waals surface area contributed by atoms with Gasteiger partial charge in [0.15, 0.2) is 0 Å². The fourth-order valence-electron chi connectivity index (χ4n) is 2.40. The van der Waals surface area contributed by atoms with Gasteiger partial charge in [-0.25, -0.2) is 0 Å². The zero-order chi connectivity index (χ0) is 18.7. The van der Waals surface area contributed by atoms with E-state index in [2.05, 4.69) is 0 Å². The lowest BCUT2D eigenvalue weighted by Crippen LogP contribution is -2.45. The lowest BCUT2D eigenvalue weighted by Gasteiger charge is -2.34. The maximum absolute atomic E-state index is 13.4. The van der Waals surface area contributed by atoms with Crippen molar-refractivity contribution in [3.05, 3.63) is 45.9 Å². The highest BCUT2D eigenvalue weighted by atomic mass is 19.4. The predicted octanol–water partition coefficient (Wildman–Crippen LogP) is 5.51. The highest BCUT2D eigenvalue weighted by molar-refractivity contribution is 5.36. The van der Waals surface area contributed by atoms with Gasteiger partial charge in [-0.3, -0.25) is 10.1 Å². The van der Waals surface area contributed by atoms with Gasteiger partial charge in [0, 0.05) is 17.7 Å². The van der Waals surface area contributed by atoms with Gasteiger partial charge in [-0.05, 0) is 44.7 Å². The first-order chi connectivity index (χ1) is 11.7. The Morgan fingerprint density at radius 3 is 2.24 bits per heavy atom. The Balaban J connectivity index is 2.24. The second-order valence-corrected chi connectivity index (χ2v) is 6.18. The van der Waals surface area contributed by atoms with Gasteiger partial charge in [0.25, 0.3) is 11.6 Å². The zero-order valence-corrected chi connectivity index (χ0v) is 14.1. The molecule has 1 aliphatic carbocycles. The Hall–Kier alpha value is -2.25. The first-order valence-corrected chi connectivity index (χ1v) is 8.06. The van der Waals surface area contributed by atoms with Crippen LogP contribution in [0.3, 0.4) is 0 Å². The lowest BCUT2D eigenvalue weighted by atomic mass is 9.93. The van der Waals surface area contributed by atoms with Crippen LogP contribution in [-0.2, 0) is 4.74 Å². The summed E-state index contributed by atoms with van der Waals surface area (Å²) in [7, 11) is 0. The molecule has 2 rings (SSSR count). The second-order valence-electron chi connectivity index (χ2n) is 6.18. The maximum atomic E-state index is 13.4. The third-order valence-corrected chi connectivity index (χ3v) is 4.15. The number of nitro benzene ring substituents is 1. The van der Waals surface area contributed by atoms with E-state index in [0.29, 0.717) is 24.8 Å². The van der Waals surface area contributed by atoms with E-state index in [4.69, 9.17) is 9.47 Å². The largest absolute Gasteiger partial charge is 0.449 e. The first-order valence-electron chi connectivity index (χ1n) is 8.06. The van der Waals surface area contributed by atoms with E-state index in [9.17, 15) is 23.3 Å². The molecule has 1 aromatic rings. The summed E-state index contributed by atoms with van der Waals surface area (Å²) in [5, 5.41) is 10.7. The van der Waals surface area contributed by atoms with E-state index in [0.717, 1.165) is 13.3 Å². The van der Waals surface area contributed by atoms with Crippen LogP contribution in [0, 0.1) is 10.1 Å². The molecule has 0 aliphatic heterocycles. The Morgan fingerprint density at radius 1 is 1.24 bits per heavy atom. The molecule has 1 fully saturated rings. The van der Waals surface area contributed by atoms with Gasteiger partial charge >= 0.3 is 6.18 Å². The minimum atomic E-state index is -4.54. The minimum absolute atomic E-state index is 0.128. The topological polar surface area (TPSA) is 61.6 Å². The van der Waals surface area contributed by atoms with Crippen LogP contribution in [0.25, 0.3) is 0 Å². The molecule has 0 spiro atoms. The van der Waals surface area contributed by atoms with E-state index in [1.807, 2.05) is 0 Å². The van der Waals surface area contributed by atoms with E-state index in [1.54, 1.807) is 6.92 Å². The number of hydrogen-bond acceptors (Lipinski definition) is 4. The molecule has 0 radical (unpaired) electrons. The number of benzene rings is 1. The maximum Gasteiger partial charge on any atom is 0.428 e. The van der Waals surface area contributed by atoms with E-state index in [-0.39, 0.29) is 23.8 Å². The molecule has 25 heavy (non-hydrogen) atoms. The van der Waals surface area contributed by atoms with Crippen molar-refractivity contribution in [1.82, 2.24) is 0 Å². The number of ether oxygens (including phenoxy) is 2. The minimum Gasteiger partial charge on any atom is -0.449 e. The summed E-state index contributed by atoms with van der Waals surface area (Å²) in [5.74, 6) is 0.0504. The van der Waals surface area contributed by atoms with Crippen LogP contribution < -0.4 is 4.74 Å². The Kier molecular flexibility index (Phi) is 5.59. The van der Waals surface area contributed by atoms with Gasteiger partial charge in [0.1, 0.15) is 5.75 Å². The fraction of sp³-hybridized carbons (Fsp3) is 0.529. The fourth-order valence-corrected chi connectivity index (χ4v) is 2.40.